The Morgan fingerprint density at radius 2 is 1.51 bits per heavy atom. The van der Waals surface area contributed by atoms with Gasteiger partial charge in [-0.3, -0.25) is 10.1 Å². The molecule has 11 nitrogen and oxygen atoms in total. The lowest BCUT2D eigenvalue weighted by Crippen LogP contribution is -2.07. The summed E-state index contributed by atoms with van der Waals surface area (Å²) in [7, 11) is 1.59. The van der Waals surface area contributed by atoms with Gasteiger partial charge in [0.25, 0.3) is 5.69 Å². The maximum atomic E-state index is 10.9. The number of anilines is 5. The second kappa shape index (κ2) is 11.0. The van der Waals surface area contributed by atoms with Gasteiger partial charge in [0.15, 0.2) is 0 Å². The second-order valence-corrected chi connectivity index (χ2v) is 7.93. The number of ether oxygens (including phenoxy) is 1. The predicted octanol–water partition coefficient (Wildman–Crippen LogP) is 5.48. The first-order valence-electron chi connectivity index (χ1n) is 10.2. The molecule has 3 N–H and O–H groups in total. The zero-order chi connectivity index (χ0) is 24.6. The number of hydrazone groups is 1. The summed E-state index contributed by atoms with van der Waals surface area (Å²) in [6, 6.07) is 20.8. The van der Waals surface area contributed by atoms with Crippen molar-refractivity contribution in [2.45, 2.75) is 0 Å². The van der Waals surface area contributed by atoms with Crippen LogP contribution >= 0.6 is 15.9 Å². The third-order valence-corrected chi connectivity index (χ3v) is 5.04. The fraction of sp³-hybridized carbons (Fsp3) is 0.0435. The first kappa shape index (κ1) is 23.6. The van der Waals surface area contributed by atoms with Gasteiger partial charge in [0.1, 0.15) is 5.75 Å². The van der Waals surface area contributed by atoms with Crippen molar-refractivity contribution in [3.05, 3.63) is 92.9 Å². The molecule has 1 aromatic heterocycles. The molecular formula is C23H19BrN8O3. The van der Waals surface area contributed by atoms with E-state index in [1.54, 1.807) is 37.6 Å². The summed E-state index contributed by atoms with van der Waals surface area (Å²) in [5, 5.41) is 21.3. The van der Waals surface area contributed by atoms with Crippen molar-refractivity contribution in [2.75, 3.05) is 23.2 Å². The van der Waals surface area contributed by atoms with Crippen LogP contribution in [0.1, 0.15) is 5.56 Å². The molecule has 35 heavy (non-hydrogen) atoms. The molecule has 0 spiro atoms. The third kappa shape index (κ3) is 6.71. The number of nitrogens with one attached hydrogen (secondary N) is 3. The lowest BCUT2D eigenvalue weighted by atomic mass is 10.2. The number of hydrogen-bond donors (Lipinski definition) is 3. The van der Waals surface area contributed by atoms with Gasteiger partial charge in [-0.15, -0.1) is 0 Å². The number of aromatic nitrogens is 3. The summed E-state index contributed by atoms with van der Waals surface area (Å²) in [5.74, 6) is 1.38. The smallest absolute Gasteiger partial charge is 0.269 e. The van der Waals surface area contributed by atoms with Gasteiger partial charge in [-0.1, -0.05) is 28.1 Å². The van der Waals surface area contributed by atoms with Gasteiger partial charge in [-0.05, 0) is 54.1 Å². The molecule has 176 valence electrons. The zero-order valence-corrected chi connectivity index (χ0v) is 19.9. The highest BCUT2D eigenvalue weighted by molar-refractivity contribution is 9.10. The summed E-state index contributed by atoms with van der Waals surface area (Å²) < 4.78 is 6.12. The molecule has 0 amide bonds. The molecule has 0 aliphatic heterocycles. The van der Waals surface area contributed by atoms with Crippen molar-refractivity contribution in [2.24, 2.45) is 5.10 Å². The van der Waals surface area contributed by atoms with E-state index in [0.717, 1.165) is 21.5 Å². The van der Waals surface area contributed by atoms with E-state index < -0.39 is 4.92 Å². The molecule has 3 aromatic carbocycles. The van der Waals surface area contributed by atoms with E-state index in [1.165, 1.54) is 12.1 Å². The summed E-state index contributed by atoms with van der Waals surface area (Å²) in [6.07, 6.45) is 1.63. The maximum Gasteiger partial charge on any atom is 0.269 e. The minimum absolute atomic E-state index is 0.0164. The summed E-state index contributed by atoms with van der Waals surface area (Å²) in [4.78, 5) is 23.6. The van der Waals surface area contributed by atoms with Crippen LogP contribution < -0.4 is 20.8 Å². The number of nitrogens with zero attached hydrogens (tertiary/aromatic N) is 5. The quantitative estimate of drug-likeness (QED) is 0.144. The Bertz CT molecular complexity index is 1350. The molecule has 0 unspecified atom stereocenters. The van der Waals surface area contributed by atoms with E-state index in [4.69, 9.17) is 4.74 Å². The van der Waals surface area contributed by atoms with Crippen LogP contribution in [0.25, 0.3) is 0 Å². The van der Waals surface area contributed by atoms with E-state index in [2.05, 4.69) is 52.0 Å². The molecule has 0 radical (unpaired) electrons. The van der Waals surface area contributed by atoms with Crippen molar-refractivity contribution in [3.8, 4) is 5.75 Å². The molecular weight excluding hydrogens is 516 g/mol. The molecule has 0 bridgehead atoms. The molecule has 0 atom stereocenters. The van der Waals surface area contributed by atoms with Crippen LogP contribution in [-0.4, -0.2) is 33.2 Å². The average molecular weight is 535 g/mol. The van der Waals surface area contributed by atoms with Crippen molar-refractivity contribution in [3.63, 3.8) is 0 Å². The standard InChI is InChI=1S/C23H19BrN8O3/c1-35-20-11-7-18(8-12-20)27-22-28-21(26-17-5-9-19(10-6-17)32(33)34)29-23(30-22)31-25-14-15-3-2-4-16(24)13-15/h2-14H,1H3,(H3,26,27,28,29,30,31)/b25-14+. The van der Waals surface area contributed by atoms with Gasteiger partial charge in [0.05, 0.1) is 18.2 Å². The van der Waals surface area contributed by atoms with Crippen LogP contribution in [0.2, 0.25) is 0 Å². The van der Waals surface area contributed by atoms with Crippen LogP contribution in [0.4, 0.5) is 34.9 Å². The Morgan fingerprint density at radius 1 is 0.914 bits per heavy atom. The van der Waals surface area contributed by atoms with Gasteiger partial charge < -0.3 is 15.4 Å². The van der Waals surface area contributed by atoms with Crippen LogP contribution in [0.15, 0.2) is 82.4 Å². The predicted molar refractivity (Wildman–Crippen MR) is 138 cm³/mol. The van der Waals surface area contributed by atoms with Gasteiger partial charge in [0, 0.05) is 28.0 Å². The van der Waals surface area contributed by atoms with E-state index in [1.807, 2.05) is 36.4 Å². The summed E-state index contributed by atoms with van der Waals surface area (Å²) >= 11 is 3.43. The Balaban J connectivity index is 1.58. The van der Waals surface area contributed by atoms with Crippen molar-refractivity contribution in [1.82, 2.24) is 15.0 Å². The SMILES string of the molecule is COc1ccc(Nc2nc(N/N=C/c3cccc(Br)c3)nc(Nc3ccc([N+](=O)[O-])cc3)n2)cc1. The molecule has 0 aliphatic carbocycles. The number of hydrogen-bond acceptors (Lipinski definition) is 10. The molecule has 4 rings (SSSR count). The Hall–Kier alpha value is -4.58. The lowest BCUT2D eigenvalue weighted by molar-refractivity contribution is -0.384. The van der Waals surface area contributed by atoms with E-state index in [-0.39, 0.29) is 23.5 Å². The minimum Gasteiger partial charge on any atom is -0.497 e. The van der Waals surface area contributed by atoms with Gasteiger partial charge in [0.2, 0.25) is 17.8 Å². The second-order valence-electron chi connectivity index (χ2n) is 7.01. The summed E-state index contributed by atoms with van der Waals surface area (Å²) in [6.45, 7) is 0. The first-order chi connectivity index (χ1) is 17.0. The third-order valence-electron chi connectivity index (χ3n) is 4.54. The molecule has 0 aliphatic rings. The number of nitro groups is 1. The highest BCUT2D eigenvalue weighted by Crippen LogP contribution is 2.22. The Kier molecular flexibility index (Phi) is 7.43. The normalized spacial score (nSPS) is 10.7. The summed E-state index contributed by atoms with van der Waals surface area (Å²) in [5.41, 5.74) is 4.98. The monoisotopic (exact) mass is 534 g/mol. The number of methoxy groups -OCH3 is 1. The number of rotatable bonds is 9. The number of non-ortho nitro benzene ring substituents is 1. The van der Waals surface area contributed by atoms with E-state index in [9.17, 15) is 10.1 Å². The van der Waals surface area contributed by atoms with Crippen molar-refractivity contribution >= 4 is 57.1 Å². The topological polar surface area (TPSA) is 139 Å². The Labute approximate surface area is 208 Å². The van der Waals surface area contributed by atoms with Crippen LogP contribution in [-0.2, 0) is 0 Å². The van der Waals surface area contributed by atoms with Crippen LogP contribution in [0, 0.1) is 10.1 Å². The zero-order valence-electron chi connectivity index (χ0n) is 18.3. The van der Waals surface area contributed by atoms with Crippen molar-refractivity contribution < 1.29 is 9.66 Å². The number of halogens is 1. The Morgan fingerprint density at radius 3 is 2.09 bits per heavy atom. The molecule has 12 heteroatoms. The molecule has 4 aromatic rings. The van der Waals surface area contributed by atoms with Crippen LogP contribution in [0.3, 0.4) is 0 Å². The van der Waals surface area contributed by atoms with Gasteiger partial charge in [-0.2, -0.15) is 20.1 Å². The lowest BCUT2D eigenvalue weighted by Gasteiger charge is -2.10. The van der Waals surface area contributed by atoms with Crippen molar-refractivity contribution in [1.29, 1.82) is 0 Å². The molecule has 1 heterocycles. The molecule has 0 saturated carbocycles. The van der Waals surface area contributed by atoms with E-state index >= 15 is 0 Å². The molecule has 0 saturated heterocycles. The average Bonchev–Trinajstić information content (AvgIpc) is 2.85. The fourth-order valence-electron chi connectivity index (χ4n) is 2.89. The fourth-order valence-corrected chi connectivity index (χ4v) is 3.31. The number of nitro benzene ring substituents is 1. The molecule has 0 fully saturated rings. The highest BCUT2D eigenvalue weighted by Gasteiger charge is 2.09. The minimum atomic E-state index is -0.463. The highest BCUT2D eigenvalue weighted by atomic mass is 79.9. The van der Waals surface area contributed by atoms with Gasteiger partial charge in [-0.25, -0.2) is 5.43 Å². The largest absolute Gasteiger partial charge is 0.497 e. The van der Waals surface area contributed by atoms with Crippen LogP contribution in [0.5, 0.6) is 5.75 Å². The maximum absolute atomic E-state index is 10.9. The number of benzene rings is 3. The first-order valence-corrected chi connectivity index (χ1v) is 11.0. The van der Waals surface area contributed by atoms with Gasteiger partial charge >= 0.3 is 0 Å². The van der Waals surface area contributed by atoms with E-state index in [0.29, 0.717) is 5.69 Å².